The van der Waals surface area contributed by atoms with Crippen LogP contribution in [0.2, 0.25) is 0 Å². The Morgan fingerprint density at radius 1 is 1.14 bits per heavy atom. The van der Waals surface area contributed by atoms with E-state index in [-0.39, 0.29) is 18.4 Å². The summed E-state index contributed by atoms with van der Waals surface area (Å²) in [5, 5.41) is 22.8. The van der Waals surface area contributed by atoms with Crippen LogP contribution in [0.5, 0.6) is 11.5 Å². The minimum atomic E-state index is -0.160. The predicted molar refractivity (Wildman–Crippen MR) is 87.1 cm³/mol. The molecule has 0 aromatic heterocycles. The predicted octanol–water partition coefficient (Wildman–Crippen LogP) is 2.79. The molecule has 0 aliphatic heterocycles. The van der Waals surface area contributed by atoms with Crippen LogP contribution in [0.15, 0.2) is 42.5 Å². The standard InChI is InChI=1S/C18H23NO3/c1-3-13-4-6-14(7-5-13)17(12-20)19-11-15-8-9-16(22-2)10-18(15)21/h4-10,17,19-21H,3,11-12H2,1-2H3. The first kappa shape index (κ1) is 16.3. The van der Waals surface area contributed by atoms with Gasteiger partial charge in [-0.2, -0.15) is 0 Å². The number of methoxy groups -OCH3 is 1. The molecule has 0 fully saturated rings. The van der Waals surface area contributed by atoms with E-state index < -0.39 is 0 Å². The molecule has 0 aliphatic carbocycles. The zero-order valence-corrected chi connectivity index (χ0v) is 13.0. The van der Waals surface area contributed by atoms with Gasteiger partial charge in [0.25, 0.3) is 0 Å². The SMILES string of the molecule is CCc1ccc(C(CO)NCc2ccc(OC)cc2O)cc1. The van der Waals surface area contributed by atoms with E-state index in [1.54, 1.807) is 19.2 Å². The van der Waals surface area contributed by atoms with Gasteiger partial charge in [-0.3, -0.25) is 0 Å². The quantitative estimate of drug-likeness (QED) is 0.736. The highest BCUT2D eigenvalue weighted by atomic mass is 16.5. The van der Waals surface area contributed by atoms with Gasteiger partial charge in [0.1, 0.15) is 11.5 Å². The summed E-state index contributed by atoms with van der Waals surface area (Å²) in [4.78, 5) is 0. The van der Waals surface area contributed by atoms with Crippen LogP contribution >= 0.6 is 0 Å². The van der Waals surface area contributed by atoms with Crippen LogP contribution in [-0.4, -0.2) is 23.9 Å². The molecule has 0 radical (unpaired) electrons. The van der Waals surface area contributed by atoms with E-state index in [4.69, 9.17) is 4.74 Å². The van der Waals surface area contributed by atoms with Crippen LogP contribution in [0.3, 0.4) is 0 Å². The Kier molecular flexibility index (Phi) is 5.81. The molecule has 0 bridgehead atoms. The molecule has 0 saturated heterocycles. The van der Waals surface area contributed by atoms with Gasteiger partial charge in [-0.1, -0.05) is 37.3 Å². The number of aliphatic hydroxyl groups excluding tert-OH is 1. The fourth-order valence-electron chi connectivity index (χ4n) is 2.33. The lowest BCUT2D eigenvalue weighted by Crippen LogP contribution is -2.24. The first-order chi connectivity index (χ1) is 10.7. The summed E-state index contributed by atoms with van der Waals surface area (Å²) in [7, 11) is 1.56. The molecule has 0 aliphatic rings. The molecule has 118 valence electrons. The third kappa shape index (κ3) is 4.00. The van der Waals surface area contributed by atoms with E-state index in [9.17, 15) is 10.2 Å². The van der Waals surface area contributed by atoms with Crippen molar-refractivity contribution in [2.24, 2.45) is 0 Å². The van der Waals surface area contributed by atoms with E-state index in [1.807, 2.05) is 18.2 Å². The van der Waals surface area contributed by atoms with E-state index in [1.165, 1.54) is 5.56 Å². The van der Waals surface area contributed by atoms with E-state index >= 15 is 0 Å². The largest absolute Gasteiger partial charge is 0.507 e. The first-order valence-electron chi connectivity index (χ1n) is 7.46. The molecule has 0 amide bonds. The second kappa shape index (κ2) is 7.82. The van der Waals surface area contributed by atoms with E-state index in [2.05, 4.69) is 24.4 Å². The molecular formula is C18H23NO3. The number of nitrogens with one attached hydrogen (secondary N) is 1. The van der Waals surface area contributed by atoms with Crippen molar-refractivity contribution in [3.63, 3.8) is 0 Å². The summed E-state index contributed by atoms with van der Waals surface area (Å²) in [6, 6.07) is 13.3. The minimum absolute atomic E-state index is 0.00237. The Balaban J connectivity index is 2.04. The van der Waals surface area contributed by atoms with Crippen LogP contribution in [0.1, 0.15) is 29.7 Å². The molecule has 4 heteroatoms. The molecule has 0 spiro atoms. The summed E-state index contributed by atoms with van der Waals surface area (Å²) in [6.07, 6.45) is 0.997. The van der Waals surface area contributed by atoms with Crippen molar-refractivity contribution in [2.75, 3.05) is 13.7 Å². The molecule has 1 atom stereocenters. The number of benzene rings is 2. The van der Waals surface area contributed by atoms with E-state index in [0.29, 0.717) is 12.3 Å². The molecule has 2 aromatic rings. The number of hydrogen-bond acceptors (Lipinski definition) is 4. The third-order valence-electron chi connectivity index (χ3n) is 3.80. The topological polar surface area (TPSA) is 61.7 Å². The van der Waals surface area contributed by atoms with Gasteiger partial charge in [0.15, 0.2) is 0 Å². The molecule has 0 heterocycles. The highest BCUT2D eigenvalue weighted by Gasteiger charge is 2.11. The lowest BCUT2D eigenvalue weighted by atomic mass is 10.0. The zero-order chi connectivity index (χ0) is 15.9. The zero-order valence-electron chi connectivity index (χ0n) is 13.0. The summed E-state index contributed by atoms with van der Waals surface area (Å²) in [6.45, 7) is 2.59. The minimum Gasteiger partial charge on any atom is -0.507 e. The van der Waals surface area contributed by atoms with Crippen molar-refractivity contribution in [1.82, 2.24) is 5.32 Å². The van der Waals surface area contributed by atoms with Gasteiger partial charge in [-0.25, -0.2) is 0 Å². The van der Waals surface area contributed by atoms with Crippen molar-refractivity contribution in [1.29, 1.82) is 0 Å². The van der Waals surface area contributed by atoms with Crippen molar-refractivity contribution < 1.29 is 14.9 Å². The highest BCUT2D eigenvalue weighted by molar-refractivity contribution is 5.39. The number of aromatic hydroxyl groups is 1. The number of phenolic OH excluding ortho intramolecular Hbond substituents is 1. The Labute approximate surface area is 131 Å². The molecule has 0 saturated carbocycles. The summed E-state index contributed by atoms with van der Waals surface area (Å²) in [5.74, 6) is 0.806. The van der Waals surface area contributed by atoms with Crippen molar-refractivity contribution in [3.05, 3.63) is 59.2 Å². The van der Waals surface area contributed by atoms with Crippen molar-refractivity contribution in [2.45, 2.75) is 25.9 Å². The second-order valence-electron chi connectivity index (χ2n) is 5.21. The average molecular weight is 301 g/mol. The van der Waals surface area contributed by atoms with Gasteiger partial charge in [0.2, 0.25) is 0 Å². The molecule has 2 aromatic carbocycles. The summed E-state index contributed by atoms with van der Waals surface area (Å²) < 4.78 is 5.07. The van der Waals surface area contributed by atoms with E-state index in [0.717, 1.165) is 17.5 Å². The molecule has 2 rings (SSSR count). The van der Waals surface area contributed by atoms with Gasteiger partial charge < -0.3 is 20.3 Å². The number of rotatable bonds is 7. The molecular weight excluding hydrogens is 278 g/mol. The van der Waals surface area contributed by atoms with Gasteiger partial charge in [-0.05, 0) is 23.6 Å². The Bertz CT molecular complexity index is 596. The van der Waals surface area contributed by atoms with Crippen LogP contribution in [-0.2, 0) is 13.0 Å². The number of aliphatic hydroxyl groups is 1. The van der Waals surface area contributed by atoms with Crippen LogP contribution in [0.4, 0.5) is 0 Å². The van der Waals surface area contributed by atoms with Crippen LogP contribution in [0, 0.1) is 0 Å². The van der Waals surface area contributed by atoms with Crippen molar-refractivity contribution >= 4 is 0 Å². The Morgan fingerprint density at radius 2 is 1.86 bits per heavy atom. The summed E-state index contributed by atoms with van der Waals surface area (Å²) >= 11 is 0. The highest BCUT2D eigenvalue weighted by Crippen LogP contribution is 2.24. The van der Waals surface area contributed by atoms with Gasteiger partial charge in [-0.15, -0.1) is 0 Å². The number of aryl methyl sites for hydroxylation is 1. The normalized spacial score (nSPS) is 12.1. The monoisotopic (exact) mass is 301 g/mol. The number of phenols is 1. The van der Waals surface area contributed by atoms with Gasteiger partial charge in [0, 0.05) is 18.2 Å². The van der Waals surface area contributed by atoms with Crippen LogP contribution < -0.4 is 10.1 Å². The fourth-order valence-corrected chi connectivity index (χ4v) is 2.33. The fraction of sp³-hybridized carbons (Fsp3) is 0.333. The Hall–Kier alpha value is -2.04. The molecule has 1 unspecified atom stereocenters. The average Bonchev–Trinajstić information content (AvgIpc) is 2.57. The number of ether oxygens (including phenoxy) is 1. The molecule has 22 heavy (non-hydrogen) atoms. The maximum Gasteiger partial charge on any atom is 0.123 e. The third-order valence-corrected chi connectivity index (χ3v) is 3.80. The maximum atomic E-state index is 9.96. The Morgan fingerprint density at radius 3 is 2.41 bits per heavy atom. The smallest absolute Gasteiger partial charge is 0.123 e. The molecule has 3 N–H and O–H groups in total. The van der Waals surface area contributed by atoms with Crippen molar-refractivity contribution in [3.8, 4) is 11.5 Å². The lowest BCUT2D eigenvalue weighted by molar-refractivity contribution is 0.243. The lowest BCUT2D eigenvalue weighted by Gasteiger charge is -2.18. The van der Waals surface area contributed by atoms with Gasteiger partial charge in [0.05, 0.1) is 19.8 Å². The number of hydrogen-bond donors (Lipinski definition) is 3. The first-order valence-corrected chi connectivity index (χ1v) is 7.46. The maximum absolute atomic E-state index is 9.96. The molecule has 4 nitrogen and oxygen atoms in total. The van der Waals surface area contributed by atoms with Crippen LogP contribution in [0.25, 0.3) is 0 Å². The summed E-state index contributed by atoms with van der Waals surface area (Å²) in [5.41, 5.74) is 3.07. The second-order valence-corrected chi connectivity index (χ2v) is 5.21. The van der Waals surface area contributed by atoms with Gasteiger partial charge >= 0.3 is 0 Å².